The Hall–Kier alpha value is -3.81. The highest BCUT2D eigenvalue weighted by Crippen LogP contribution is 2.16. The normalized spacial score (nSPS) is 11.1. The summed E-state index contributed by atoms with van der Waals surface area (Å²) in [7, 11) is 0. The number of benzene rings is 2. The summed E-state index contributed by atoms with van der Waals surface area (Å²) in [5.74, 6) is -0.446. The van der Waals surface area contributed by atoms with Crippen LogP contribution < -0.4 is 10.9 Å². The molecule has 0 radical (unpaired) electrons. The number of carbonyl (C=O) groups excluding carboxylic acids is 1. The molecule has 1 amide bonds. The number of aryl methyl sites for hydroxylation is 3. The van der Waals surface area contributed by atoms with Crippen LogP contribution in [-0.4, -0.2) is 25.5 Å². The Balaban J connectivity index is 1.41. The maximum Gasteiger partial charge on any atom is 0.295 e. The smallest absolute Gasteiger partial charge is 0.295 e. The van der Waals surface area contributed by atoms with Gasteiger partial charge in [-0.3, -0.25) is 9.59 Å². The van der Waals surface area contributed by atoms with Crippen molar-refractivity contribution in [3.05, 3.63) is 87.7 Å². The number of rotatable bonds is 7. The Labute approximate surface area is 184 Å². The van der Waals surface area contributed by atoms with Crippen molar-refractivity contribution in [1.82, 2.24) is 24.9 Å². The fraction of sp³-hybridized carbons (Fsp3) is 0.250. The molecule has 0 fully saturated rings. The van der Waals surface area contributed by atoms with Crippen LogP contribution in [0.3, 0.4) is 0 Å². The molecule has 0 saturated heterocycles. The Morgan fingerprint density at radius 2 is 1.75 bits per heavy atom. The highest BCUT2D eigenvalue weighted by molar-refractivity contribution is 5.79. The number of hydrogen-bond donors (Lipinski definition) is 1. The molecular weight excluding hydrogens is 409 g/mol. The molecular formula is C24H24FN5O2. The van der Waals surface area contributed by atoms with E-state index in [1.807, 2.05) is 44.3 Å². The van der Waals surface area contributed by atoms with E-state index in [2.05, 4.69) is 15.5 Å². The minimum Gasteiger partial charge on any atom is -0.352 e. The lowest BCUT2D eigenvalue weighted by Crippen LogP contribution is -2.26. The summed E-state index contributed by atoms with van der Waals surface area (Å²) < 4.78 is 16.0. The maximum absolute atomic E-state index is 12.9. The van der Waals surface area contributed by atoms with Gasteiger partial charge in [-0.1, -0.05) is 29.8 Å². The van der Waals surface area contributed by atoms with Crippen molar-refractivity contribution in [1.29, 1.82) is 0 Å². The first kappa shape index (κ1) is 21.4. The molecule has 4 aromatic rings. The summed E-state index contributed by atoms with van der Waals surface area (Å²) in [4.78, 5) is 25.0. The van der Waals surface area contributed by atoms with Gasteiger partial charge in [-0.2, -0.15) is 10.2 Å². The second kappa shape index (κ2) is 9.13. The Bertz CT molecular complexity index is 1310. The number of carbonyl (C=O) groups is 1. The molecule has 4 rings (SSSR count). The zero-order valence-corrected chi connectivity index (χ0v) is 18.0. The van der Waals surface area contributed by atoms with Crippen LogP contribution in [-0.2, 0) is 17.9 Å². The topological polar surface area (TPSA) is 81.8 Å². The van der Waals surface area contributed by atoms with Gasteiger partial charge < -0.3 is 5.32 Å². The molecule has 0 aliphatic rings. The summed E-state index contributed by atoms with van der Waals surface area (Å²) in [5.41, 5.74) is 3.63. The number of nitrogens with one attached hydrogen (secondary N) is 1. The number of aromatic nitrogens is 4. The third-order valence-electron chi connectivity index (χ3n) is 5.29. The number of amides is 1. The summed E-state index contributed by atoms with van der Waals surface area (Å²) in [5, 5.41) is 12.4. The van der Waals surface area contributed by atoms with Gasteiger partial charge in [0.2, 0.25) is 5.91 Å². The Morgan fingerprint density at radius 3 is 2.47 bits per heavy atom. The summed E-state index contributed by atoms with van der Waals surface area (Å²) >= 11 is 0. The van der Waals surface area contributed by atoms with Crippen LogP contribution in [0.2, 0.25) is 0 Å². The molecule has 0 spiro atoms. The number of hydrogen-bond acceptors (Lipinski definition) is 4. The molecule has 0 bridgehead atoms. The van der Waals surface area contributed by atoms with Gasteiger partial charge in [-0.15, -0.1) is 0 Å². The first-order valence-electron chi connectivity index (χ1n) is 10.5. The van der Waals surface area contributed by atoms with E-state index in [1.165, 1.54) is 16.8 Å². The van der Waals surface area contributed by atoms with Crippen LogP contribution in [0.4, 0.5) is 4.39 Å². The molecule has 0 aliphatic heterocycles. The van der Waals surface area contributed by atoms with Crippen molar-refractivity contribution in [3.8, 4) is 5.69 Å². The van der Waals surface area contributed by atoms with Gasteiger partial charge in [-0.05, 0) is 50.1 Å². The maximum atomic E-state index is 12.9. The molecule has 0 aliphatic carbocycles. The Kier molecular flexibility index (Phi) is 6.11. The van der Waals surface area contributed by atoms with Crippen LogP contribution in [0.25, 0.3) is 16.6 Å². The average molecular weight is 433 g/mol. The van der Waals surface area contributed by atoms with Crippen LogP contribution in [0, 0.1) is 19.7 Å². The van der Waals surface area contributed by atoms with E-state index in [-0.39, 0.29) is 23.7 Å². The summed E-state index contributed by atoms with van der Waals surface area (Å²) in [6.45, 7) is 4.50. The molecule has 32 heavy (non-hydrogen) atoms. The van der Waals surface area contributed by atoms with Crippen molar-refractivity contribution < 1.29 is 9.18 Å². The Morgan fingerprint density at radius 1 is 1.03 bits per heavy atom. The van der Waals surface area contributed by atoms with Gasteiger partial charge in [0.1, 0.15) is 5.82 Å². The molecule has 0 unspecified atom stereocenters. The summed E-state index contributed by atoms with van der Waals surface area (Å²) in [6, 6.07) is 13.9. The second-order valence-corrected chi connectivity index (χ2v) is 7.79. The van der Waals surface area contributed by atoms with E-state index in [9.17, 15) is 14.0 Å². The van der Waals surface area contributed by atoms with Gasteiger partial charge >= 0.3 is 0 Å². The highest BCUT2D eigenvalue weighted by atomic mass is 19.1. The predicted octanol–water partition coefficient (Wildman–Crippen LogP) is 3.43. The lowest BCUT2D eigenvalue weighted by atomic mass is 10.2. The molecule has 164 valence electrons. The number of fused-ring (bicyclic) bond motifs is 1. The predicted molar refractivity (Wildman–Crippen MR) is 120 cm³/mol. The van der Waals surface area contributed by atoms with Gasteiger partial charge in [0.15, 0.2) is 5.52 Å². The van der Waals surface area contributed by atoms with Gasteiger partial charge in [0, 0.05) is 31.1 Å². The second-order valence-electron chi connectivity index (χ2n) is 7.79. The van der Waals surface area contributed by atoms with E-state index >= 15 is 0 Å². The molecule has 8 heteroatoms. The van der Waals surface area contributed by atoms with Gasteiger partial charge in [0.05, 0.1) is 11.4 Å². The van der Waals surface area contributed by atoms with Crippen molar-refractivity contribution in [2.45, 2.75) is 39.8 Å². The van der Waals surface area contributed by atoms with Crippen LogP contribution in [0.5, 0.6) is 0 Å². The average Bonchev–Trinajstić information content (AvgIpc) is 3.24. The zero-order valence-electron chi connectivity index (χ0n) is 18.0. The molecule has 0 atom stereocenters. The summed E-state index contributed by atoms with van der Waals surface area (Å²) in [6.07, 6.45) is 2.53. The number of halogens is 1. The standard InChI is InChI=1S/C24H24FN5O2/c1-16-5-11-20(12-6-16)30-15-21-17(2)27-29(24(32)23(21)28-30)13-3-4-22(31)26-14-18-7-9-19(25)10-8-18/h5-12,15H,3-4,13-14H2,1-2H3,(H,26,31). The minimum absolute atomic E-state index is 0.135. The van der Waals surface area contributed by atoms with Crippen LogP contribution in [0.15, 0.2) is 59.5 Å². The minimum atomic E-state index is -0.311. The molecule has 7 nitrogen and oxygen atoms in total. The molecule has 0 saturated carbocycles. The van der Waals surface area contributed by atoms with E-state index in [0.717, 1.165) is 16.8 Å². The molecule has 2 aromatic heterocycles. The van der Waals surface area contributed by atoms with Gasteiger partial charge in [0.25, 0.3) is 5.56 Å². The van der Waals surface area contributed by atoms with Crippen LogP contribution in [0.1, 0.15) is 29.7 Å². The van der Waals surface area contributed by atoms with Crippen molar-refractivity contribution in [2.24, 2.45) is 0 Å². The monoisotopic (exact) mass is 433 g/mol. The van der Waals surface area contributed by atoms with Crippen LogP contribution >= 0.6 is 0 Å². The SMILES string of the molecule is Cc1ccc(-n2cc3c(C)nn(CCCC(=O)NCc4ccc(F)cc4)c(=O)c3n2)cc1. The van der Waals surface area contributed by atoms with Gasteiger partial charge in [-0.25, -0.2) is 13.8 Å². The van der Waals surface area contributed by atoms with E-state index in [4.69, 9.17) is 0 Å². The van der Waals surface area contributed by atoms with Crippen molar-refractivity contribution in [3.63, 3.8) is 0 Å². The third-order valence-corrected chi connectivity index (χ3v) is 5.29. The highest BCUT2D eigenvalue weighted by Gasteiger charge is 2.13. The first-order chi connectivity index (χ1) is 15.4. The molecule has 1 N–H and O–H groups in total. The fourth-order valence-electron chi connectivity index (χ4n) is 3.46. The van der Waals surface area contributed by atoms with Crippen molar-refractivity contribution in [2.75, 3.05) is 0 Å². The molecule has 2 heterocycles. The number of nitrogens with zero attached hydrogens (tertiary/aromatic N) is 4. The fourth-order valence-corrected chi connectivity index (χ4v) is 3.46. The largest absolute Gasteiger partial charge is 0.352 e. The first-order valence-corrected chi connectivity index (χ1v) is 10.5. The van der Waals surface area contributed by atoms with Crippen molar-refractivity contribution >= 4 is 16.8 Å². The third kappa shape index (κ3) is 4.74. The van der Waals surface area contributed by atoms with E-state index < -0.39 is 0 Å². The molecule has 2 aromatic carbocycles. The quantitative estimate of drug-likeness (QED) is 0.484. The van der Waals surface area contributed by atoms with E-state index in [0.29, 0.717) is 36.1 Å². The lowest BCUT2D eigenvalue weighted by Gasteiger charge is -2.07. The lowest BCUT2D eigenvalue weighted by molar-refractivity contribution is -0.121. The van der Waals surface area contributed by atoms with E-state index in [1.54, 1.807) is 16.8 Å². The zero-order chi connectivity index (χ0) is 22.7.